The van der Waals surface area contributed by atoms with Crippen molar-refractivity contribution in [1.82, 2.24) is 15.5 Å². The summed E-state index contributed by atoms with van der Waals surface area (Å²) in [7, 11) is 1.53. The van der Waals surface area contributed by atoms with Crippen LogP contribution in [-0.2, 0) is 4.79 Å². The number of nitrogens with one attached hydrogen (secondary N) is 2. The molecular weight excluding hydrogens is 259 g/mol. The quantitative estimate of drug-likeness (QED) is 0.767. The molecule has 0 aromatic heterocycles. The number of alkyl halides is 3. The van der Waals surface area contributed by atoms with Gasteiger partial charge < -0.3 is 10.6 Å². The summed E-state index contributed by atoms with van der Waals surface area (Å²) in [5.74, 6) is -0.128. The van der Waals surface area contributed by atoms with Crippen molar-refractivity contribution >= 4 is 5.91 Å². The SMILES string of the molecule is CNC(=O)CCCN(CC(F)(F)F)C1CCNCC1. The van der Waals surface area contributed by atoms with E-state index in [9.17, 15) is 18.0 Å². The van der Waals surface area contributed by atoms with Crippen LogP contribution >= 0.6 is 0 Å². The van der Waals surface area contributed by atoms with Crippen molar-refractivity contribution in [2.75, 3.05) is 33.2 Å². The van der Waals surface area contributed by atoms with Crippen LogP contribution in [0.2, 0.25) is 0 Å². The monoisotopic (exact) mass is 281 g/mol. The second kappa shape index (κ2) is 7.69. The molecule has 1 saturated heterocycles. The summed E-state index contributed by atoms with van der Waals surface area (Å²) < 4.78 is 37.7. The van der Waals surface area contributed by atoms with E-state index in [1.54, 1.807) is 0 Å². The number of halogens is 3. The van der Waals surface area contributed by atoms with Crippen LogP contribution in [0.5, 0.6) is 0 Å². The minimum atomic E-state index is -4.18. The molecular formula is C12H22F3N3O. The molecule has 1 aliphatic heterocycles. The van der Waals surface area contributed by atoms with Crippen LogP contribution in [0.4, 0.5) is 13.2 Å². The Labute approximate surface area is 111 Å². The average Bonchev–Trinajstić information content (AvgIpc) is 2.37. The van der Waals surface area contributed by atoms with Crippen molar-refractivity contribution in [3.05, 3.63) is 0 Å². The van der Waals surface area contributed by atoms with E-state index < -0.39 is 12.7 Å². The van der Waals surface area contributed by atoms with Crippen molar-refractivity contribution in [2.45, 2.75) is 37.9 Å². The van der Waals surface area contributed by atoms with Gasteiger partial charge in [0, 0.05) is 19.5 Å². The minimum absolute atomic E-state index is 0.0347. The Morgan fingerprint density at radius 3 is 2.53 bits per heavy atom. The number of hydrogen-bond acceptors (Lipinski definition) is 3. The van der Waals surface area contributed by atoms with Crippen LogP contribution < -0.4 is 10.6 Å². The van der Waals surface area contributed by atoms with E-state index in [4.69, 9.17) is 0 Å². The van der Waals surface area contributed by atoms with Crippen LogP contribution in [0, 0.1) is 0 Å². The largest absolute Gasteiger partial charge is 0.401 e. The van der Waals surface area contributed by atoms with Gasteiger partial charge >= 0.3 is 6.18 Å². The van der Waals surface area contributed by atoms with E-state index in [2.05, 4.69) is 10.6 Å². The molecule has 7 heteroatoms. The van der Waals surface area contributed by atoms with Gasteiger partial charge in [0.2, 0.25) is 5.91 Å². The van der Waals surface area contributed by atoms with Crippen LogP contribution in [0.25, 0.3) is 0 Å². The molecule has 19 heavy (non-hydrogen) atoms. The molecule has 1 aliphatic rings. The fourth-order valence-electron chi connectivity index (χ4n) is 2.36. The summed E-state index contributed by atoms with van der Waals surface area (Å²) in [6, 6.07) is -0.0347. The Hall–Kier alpha value is -0.820. The summed E-state index contributed by atoms with van der Waals surface area (Å²) in [4.78, 5) is 12.6. The molecule has 0 bridgehead atoms. The molecule has 1 amide bonds. The van der Waals surface area contributed by atoms with Gasteiger partial charge in [0.15, 0.2) is 0 Å². The maximum absolute atomic E-state index is 12.6. The zero-order valence-corrected chi connectivity index (χ0v) is 11.2. The highest BCUT2D eigenvalue weighted by Crippen LogP contribution is 2.21. The Balaban J connectivity index is 2.46. The number of rotatable bonds is 6. The lowest BCUT2D eigenvalue weighted by Gasteiger charge is -2.35. The topological polar surface area (TPSA) is 44.4 Å². The van der Waals surface area contributed by atoms with Crippen LogP contribution in [0.15, 0.2) is 0 Å². The first-order chi connectivity index (χ1) is 8.92. The molecule has 1 rings (SSSR count). The molecule has 0 unspecified atom stereocenters. The fraction of sp³-hybridized carbons (Fsp3) is 0.917. The molecule has 0 aromatic rings. The molecule has 0 saturated carbocycles. The first kappa shape index (κ1) is 16.2. The average molecular weight is 281 g/mol. The van der Waals surface area contributed by atoms with E-state index in [0.29, 0.717) is 13.0 Å². The van der Waals surface area contributed by atoms with Crippen molar-refractivity contribution in [3.8, 4) is 0 Å². The van der Waals surface area contributed by atoms with Crippen molar-refractivity contribution in [3.63, 3.8) is 0 Å². The summed E-state index contributed by atoms with van der Waals surface area (Å²) in [5.41, 5.74) is 0. The van der Waals surface area contributed by atoms with Gasteiger partial charge in [0.25, 0.3) is 0 Å². The van der Waals surface area contributed by atoms with E-state index in [0.717, 1.165) is 25.9 Å². The highest BCUT2D eigenvalue weighted by atomic mass is 19.4. The predicted octanol–water partition coefficient (Wildman–Crippen LogP) is 1.13. The molecule has 112 valence electrons. The Morgan fingerprint density at radius 1 is 1.37 bits per heavy atom. The lowest BCUT2D eigenvalue weighted by atomic mass is 10.0. The molecule has 0 atom stereocenters. The number of hydrogen-bond donors (Lipinski definition) is 2. The molecule has 1 heterocycles. The third-order valence-corrected chi connectivity index (χ3v) is 3.34. The number of carbonyl (C=O) groups is 1. The van der Waals surface area contributed by atoms with Crippen LogP contribution in [0.3, 0.4) is 0 Å². The maximum atomic E-state index is 12.6. The van der Waals surface area contributed by atoms with Gasteiger partial charge in [0.05, 0.1) is 6.54 Å². The van der Waals surface area contributed by atoms with Gasteiger partial charge in [-0.25, -0.2) is 0 Å². The predicted molar refractivity (Wildman–Crippen MR) is 66.8 cm³/mol. The van der Waals surface area contributed by atoms with Crippen LogP contribution in [0.1, 0.15) is 25.7 Å². The minimum Gasteiger partial charge on any atom is -0.359 e. The fourth-order valence-corrected chi connectivity index (χ4v) is 2.36. The lowest BCUT2D eigenvalue weighted by Crippen LogP contribution is -2.47. The molecule has 4 nitrogen and oxygen atoms in total. The van der Waals surface area contributed by atoms with Gasteiger partial charge in [-0.15, -0.1) is 0 Å². The molecule has 1 fully saturated rings. The molecule has 2 N–H and O–H groups in total. The van der Waals surface area contributed by atoms with Gasteiger partial charge in [-0.1, -0.05) is 0 Å². The standard InChI is InChI=1S/C12H22F3N3O/c1-16-11(19)3-2-8-18(9-12(13,14)15)10-4-6-17-7-5-10/h10,17H,2-9H2,1H3,(H,16,19). The van der Waals surface area contributed by atoms with Crippen molar-refractivity contribution in [1.29, 1.82) is 0 Å². The second-order valence-corrected chi connectivity index (χ2v) is 4.84. The summed E-state index contributed by atoms with van der Waals surface area (Å²) in [6.07, 6.45) is -1.99. The molecule has 0 aromatic carbocycles. The molecule has 0 spiro atoms. The van der Waals surface area contributed by atoms with Gasteiger partial charge in [0.1, 0.15) is 0 Å². The van der Waals surface area contributed by atoms with Crippen molar-refractivity contribution in [2.24, 2.45) is 0 Å². The highest BCUT2D eigenvalue weighted by molar-refractivity contribution is 5.75. The van der Waals surface area contributed by atoms with E-state index >= 15 is 0 Å². The van der Waals surface area contributed by atoms with Gasteiger partial charge in [-0.2, -0.15) is 13.2 Å². The zero-order chi connectivity index (χ0) is 14.3. The zero-order valence-electron chi connectivity index (χ0n) is 11.2. The molecule has 0 aliphatic carbocycles. The van der Waals surface area contributed by atoms with Crippen LogP contribution in [-0.4, -0.2) is 56.3 Å². The second-order valence-electron chi connectivity index (χ2n) is 4.84. The highest BCUT2D eigenvalue weighted by Gasteiger charge is 2.34. The third-order valence-electron chi connectivity index (χ3n) is 3.34. The van der Waals surface area contributed by atoms with Gasteiger partial charge in [-0.3, -0.25) is 9.69 Å². The van der Waals surface area contributed by atoms with Crippen molar-refractivity contribution < 1.29 is 18.0 Å². The first-order valence-electron chi connectivity index (χ1n) is 6.64. The maximum Gasteiger partial charge on any atom is 0.401 e. The summed E-state index contributed by atoms with van der Waals surface area (Å²) >= 11 is 0. The number of piperidine rings is 1. The third kappa shape index (κ3) is 6.77. The van der Waals surface area contributed by atoms with E-state index in [1.165, 1.54) is 11.9 Å². The number of nitrogens with zero attached hydrogens (tertiary/aromatic N) is 1. The van der Waals surface area contributed by atoms with Gasteiger partial charge in [-0.05, 0) is 38.9 Å². The Morgan fingerprint density at radius 2 is 2.00 bits per heavy atom. The summed E-state index contributed by atoms with van der Waals surface area (Å²) in [6.45, 7) is 0.950. The van der Waals surface area contributed by atoms with E-state index in [-0.39, 0.29) is 18.4 Å². The smallest absolute Gasteiger partial charge is 0.359 e. The molecule has 0 radical (unpaired) electrons. The number of amides is 1. The Kier molecular flexibility index (Phi) is 6.57. The first-order valence-corrected chi connectivity index (χ1v) is 6.64. The number of carbonyl (C=O) groups excluding carboxylic acids is 1. The normalized spacial score (nSPS) is 17.7. The summed E-state index contributed by atoms with van der Waals surface area (Å²) in [5, 5.41) is 5.62. The Bertz CT molecular complexity index is 278. The lowest BCUT2D eigenvalue weighted by molar-refractivity contribution is -0.152. The van der Waals surface area contributed by atoms with E-state index in [1.807, 2.05) is 0 Å².